The second-order valence-electron chi connectivity index (χ2n) is 3.01. The number of amides is 1. The molecular weight excluding hydrogens is 232 g/mol. The molecule has 1 heterocycles. The second kappa shape index (κ2) is 5.40. The van der Waals surface area contributed by atoms with Crippen molar-refractivity contribution >= 4 is 23.0 Å². The van der Waals surface area contributed by atoms with Crippen molar-refractivity contribution < 1.29 is 9.53 Å². The fourth-order valence-electron chi connectivity index (χ4n) is 0.896. The first-order chi connectivity index (χ1) is 7.52. The van der Waals surface area contributed by atoms with Crippen molar-refractivity contribution in [3.63, 3.8) is 0 Å². The molecular formula is C8H12N4O3S. The van der Waals surface area contributed by atoms with Crippen LogP contribution in [0.2, 0.25) is 0 Å². The van der Waals surface area contributed by atoms with Crippen LogP contribution < -0.4 is 15.0 Å². The van der Waals surface area contributed by atoms with Crippen molar-refractivity contribution in [2.24, 2.45) is 5.10 Å². The molecule has 0 aliphatic heterocycles. The number of nitrogens with zero attached hydrogens (tertiary/aromatic N) is 3. The number of carbonyl (C=O) groups is 1. The number of aromatic nitrogens is 2. The van der Waals surface area contributed by atoms with Gasteiger partial charge < -0.3 is 4.74 Å². The molecule has 1 amide bonds. The van der Waals surface area contributed by atoms with Gasteiger partial charge in [0.1, 0.15) is 0 Å². The van der Waals surface area contributed by atoms with Crippen LogP contribution in [-0.4, -0.2) is 28.5 Å². The Morgan fingerprint density at radius 2 is 2.31 bits per heavy atom. The van der Waals surface area contributed by atoms with E-state index < -0.39 is 0 Å². The van der Waals surface area contributed by atoms with Crippen molar-refractivity contribution in [1.82, 2.24) is 15.2 Å². The van der Waals surface area contributed by atoms with Crippen LogP contribution in [0.1, 0.15) is 13.8 Å². The molecule has 0 aliphatic rings. The summed E-state index contributed by atoms with van der Waals surface area (Å²) in [5.41, 5.74) is 2.86. The highest BCUT2D eigenvalue weighted by Crippen LogP contribution is 2.07. The highest BCUT2D eigenvalue weighted by Gasteiger charge is 2.06. The predicted molar refractivity (Wildman–Crippen MR) is 59.9 cm³/mol. The molecule has 88 valence electrons. The van der Waals surface area contributed by atoms with Crippen molar-refractivity contribution in [2.75, 3.05) is 7.11 Å². The Morgan fingerprint density at radius 3 is 2.81 bits per heavy atom. The normalized spacial score (nSPS) is 11.3. The first-order valence-corrected chi connectivity index (χ1v) is 5.26. The van der Waals surface area contributed by atoms with Crippen LogP contribution in [0.25, 0.3) is 0 Å². The smallest absolute Gasteiger partial charge is 0.328 e. The van der Waals surface area contributed by atoms with Crippen LogP contribution in [0.5, 0.6) is 5.19 Å². The van der Waals surface area contributed by atoms with Gasteiger partial charge in [0.2, 0.25) is 5.91 Å². The van der Waals surface area contributed by atoms with Gasteiger partial charge >= 0.3 is 4.87 Å². The van der Waals surface area contributed by atoms with Gasteiger partial charge in [-0.2, -0.15) is 5.10 Å². The average Bonchev–Trinajstić information content (AvgIpc) is 2.57. The van der Waals surface area contributed by atoms with Crippen molar-refractivity contribution in [3.8, 4) is 5.19 Å². The summed E-state index contributed by atoms with van der Waals surface area (Å²) in [5, 5.41) is 7.98. The minimum atomic E-state index is -0.262. The standard InChI is InChI=1S/C8H12N4O3S/c1-5(9-10-6(2)13)4-12-8(14)16-7(11-12)15-3/h4H2,1-3H3,(H,10,13). The Kier molecular flexibility index (Phi) is 4.18. The van der Waals surface area contributed by atoms with Gasteiger partial charge in [0.25, 0.3) is 5.19 Å². The molecule has 16 heavy (non-hydrogen) atoms. The summed E-state index contributed by atoms with van der Waals surface area (Å²) in [7, 11) is 1.45. The third-order valence-corrected chi connectivity index (χ3v) is 2.35. The first kappa shape index (κ1) is 12.4. The number of methoxy groups -OCH3 is 1. The van der Waals surface area contributed by atoms with Crippen LogP contribution >= 0.6 is 11.3 Å². The second-order valence-corrected chi connectivity index (χ2v) is 3.91. The number of nitrogens with one attached hydrogen (secondary N) is 1. The van der Waals surface area contributed by atoms with E-state index in [-0.39, 0.29) is 17.3 Å². The van der Waals surface area contributed by atoms with Crippen molar-refractivity contribution in [3.05, 3.63) is 9.67 Å². The van der Waals surface area contributed by atoms with Crippen LogP contribution in [0, 0.1) is 0 Å². The Bertz CT molecular complexity index is 462. The first-order valence-electron chi connectivity index (χ1n) is 4.44. The summed E-state index contributed by atoms with van der Waals surface area (Å²) < 4.78 is 6.06. The minimum absolute atomic E-state index is 0.221. The molecule has 0 spiro atoms. The molecule has 1 rings (SSSR count). The van der Waals surface area contributed by atoms with Crippen LogP contribution in [-0.2, 0) is 11.3 Å². The lowest BCUT2D eigenvalue weighted by Gasteiger charge is -1.99. The molecule has 0 bridgehead atoms. The number of hydrogen-bond donors (Lipinski definition) is 1. The molecule has 0 aromatic carbocycles. The van der Waals surface area contributed by atoms with E-state index in [1.165, 1.54) is 18.7 Å². The van der Waals surface area contributed by atoms with Crippen molar-refractivity contribution in [1.29, 1.82) is 0 Å². The lowest BCUT2D eigenvalue weighted by molar-refractivity contribution is -0.118. The Balaban J connectivity index is 2.72. The molecule has 1 N–H and O–H groups in total. The predicted octanol–water partition coefficient (Wildman–Crippen LogP) is -0.175. The number of ether oxygens (including phenoxy) is 1. The van der Waals surface area contributed by atoms with Gasteiger partial charge in [0, 0.05) is 6.92 Å². The molecule has 0 atom stereocenters. The molecule has 1 aromatic rings. The van der Waals surface area contributed by atoms with E-state index in [0.717, 1.165) is 11.3 Å². The zero-order valence-electron chi connectivity index (χ0n) is 9.18. The zero-order valence-corrected chi connectivity index (χ0v) is 10.00. The number of rotatable bonds is 4. The summed E-state index contributed by atoms with van der Waals surface area (Å²) >= 11 is 0.912. The maximum Gasteiger partial charge on any atom is 0.328 e. The van der Waals surface area contributed by atoms with Gasteiger partial charge in [-0.05, 0) is 18.3 Å². The van der Waals surface area contributed by atoms with Gasteiger partial charge in [0.15, 0.2) is 0 Å². The van der Waals surface area contributed by atoms with E-state index >= 15 is 0 Å². The van der Waals surface area contributed by atoms with Gasteiger partial charge in [-0.1, -0.05) is 0 Å². The minimum Gasteiger partial charge on any atom is -0.472 e. The van der Waals surface area contributed by atoms with E-state index in [1.54, 1.807) is 6.92 Å². The summed E-state index contributed by atoms with van der Waals surface area (Å²) in [6.45, 7) is 3.27. The quantitative estimate of drug-likeness (QED) is 0.588. The van der Waals surface area contributed by atoms with E-state index in [9.17, 15) is 9.59 Å². The van der Waals surface area contributed by atoms with E-state index in [0.29, 0.717) is 10.9 Å². The van der Waals surface area contributed by atoms with E-state index in [1.807, 2.05) is 0 Å². The average molecular weight is 244 g/mol. The highest BCUT2D eigenvalue weighted by atomic mass is 32.1. The summed E-state index contributed by atoms with van der Waals surface area (Å²) in [5.74, 6) is -0.262. The molecule has 8 heteroatoms. The molecule has 0 saturated carbocycles. The van der Waals surface area contributed by atoms with Gasteiger partial charge in [-0.25, -0.2) is 10.1 Å². The van der Waals surface area contributed by atoms with Crippen LogP contribution in [0.15, 0.2) is 9.90 Å². The zero-order chi connectivity index (χ0) is 12.1. The van der Waals surface area contributed by atoms with Gasteiger partial charge in [0.05, 0.1) is 19.4 Å². The molecule has 0 saturated heterocycles. The molecule has 0 aliphatic carbocycles. The summed E-state index contributed by atoms with van der Waals surface area (Å²) in [4.78, 5) is 21.7. The third-order valence-electron chi connectivity index (χ3n) is 1.55. The fraction of sp³-hybridized carbons (Fsp3) is 0.500. The molecule has 0 fully saturated rings. The topological polar surface area (TPSA) is 85.6 Å². The molecule has 0 radical (unpaired) electrons. The highest BCUT2D eigenvalue weighted by molar-refractivity contribution is 7.10. The summed E-state index contributed by atoms with van der Waals surface area (Å²) in [6, 6.07) is 0. The van der Waals surface area contributed by atoms with E-state index in [4.69, 9.17) is 4.74 Å². The van der Waals surface area contributed by atoms with Gasteiger partial charge in [-0.3, -0.25) is 9.59 Å². The van der Waals surface area contributed by atoms with Crippen LogP contribution in [0.4, 0.5) is 0 Å². The SMILES string of the molecule is COc1nn(CC(C)=NNC(C)=O)c(=O)s1. The lowest BCUT2D eigenvalue weighted by Crippen LogP contribution is -2.22. The van der Waals surface area contributed by atoms with Crippen LogP contribution in [0.3, 0.4) is 0 Å². The Morgan fingerprint density at radius 1 is 1.62 bits per heavy atom. The fourth-order valence-corrected chi connectivity index (χ4v) is 1.48. The monoisotopic (exact) mass is 244 g/mol. The van der Waals surface area contributed by atoms with Gasteiger partial charge in [-0.15, -0.1) is 5.10 Å². The maximum absolute atomic E-state index is 11.4. The lowest BCUT2D eigenvalue weighted by atomic mass is 10.4. The molecule has 0 unspecified atom stereocenters. The largest absolute Gasteiger partial charge is 0.472 e. The maximum atomic E-state index is 11.4. The molecule has 7 nitrogen and oxygen atoms in total. The Hall–Kier alpha value is -1.70. The number of carbonyl (C=O) groups excluding carboxylic acids is 1. The van der Waals surface area contributed by atoms with Crippen molar-refractivity contribution in [2.45, 2.75) is 20.4 Å². The number of hydrogen-bond acceptors (Lipinski definition) is 6. The Labute approximate surface area is 95.7 Å². The third kappa shape index (κ3) is 3.46. The van der Waals surface area contributed by atoms with E-state index in [2.05, 4.69) is 15.6 Å². The molecule has 1 aromatic heterocycles. The number of hydrazone groups is 1. The summed E-state index contributed by atoms with van der Waals surface area (Å²) in [6.07, 6.45) is 0.